The summed E-state index contributed by atoms with van der Waals surface area (Å²) < 4.78 is 7.08. The molecule has 122 valence electrons. The number of nitrogens with zero attached hydrogens (tertiary/aromatic N) is 1. The number of hydrogen-bond acceptors (Lipinski definition) is 3. The Hall–Kier alpha value is -1.52. The van der Waals surface area contributed by atoms with Crippen molar-refractivity contribution in [3.63, 3.8) is 0 Å². The SMILES string of the molecule is C=C1CCC2(O)C3Cc4ccc(O)c5c4[C@]2(CC[N+]3(C)C)C1O5. The average Bonchev–Trinajstić information content (AvgIpc) is 2.86. The van der Waals surface area contributed by atoms with Gasteiger partial charge in [-0.2, -0.15) is 0 Å². The Labute approximate surface area is 136 Å². The Morgan fingerprint density at radius 3 is 2.87 bits per heavy atom. The fraction of sp³-hybridized carbons (Fsp3) is 0.579. The molecule has 1 aromatic carbocycles. The third-order valence-electron chi connectivity index (χ3n) is 7.21. The van der Waals surface area contributed by atoms with Crippen molar-refractivity contribution in [2.45, 2.75) is 48.8 Å². The Morgan fingerprint density at radius 1 is 1.30 bits per heavy atom. The predicted octanol–water partition coefficient (Wildman–Crippen LogP) is 1.88. The van der Waals surface area contributed by atoms with Gasteiger partial charge >= 0.3 is 0 Å². The molecule has 0 aromatic heterocycles. The average molecular weight is 314 g/mol. The monoisotopic (exact) mass is 314 g/mol. The van der Waals surface area contributed by atoms with Crippen molar-refractivity contribution in [3.8, 4) is 11.5 Å². The van der Waals surface area contributed by atoms with Crippen LogP contribution in [0.2, 0.25) is 0 Å². The first-order chi connectivity index (χ1) is 10.8. The number of aromatic hydroxyl groups is 1. The Kier molecular flexibility index (Phi) is 2.27. The van der Waals surface area contributed by atoms with Crippen molar-refractivity contribution in [3.05, 3.63) is 35.4 Å². The summed E-state index contributed by atoms with van der Waals surface area (Å²) in [6.45, 7) is 5.25. The van der Waals surface area contributed by atoms with Crippen LogP contribution in [-0.2, 0) is 11.8 Å². The molecule has 2 heterocycles. The molecule has 2 aliphatic carbocycles. The minimum atomic E-state index is -0.785. The summed E-state index contributed by atoms with van der Waals surface area (Å²) in [4.78, 5) is 0. The Balaban J connectivity index is 1.88. The summed E-state index contributed by atoms with van der Waals surface area (Å²) in [5.74, 6) is 0.792. The number of quaternary nitrogens is 1. The maximum Gasteiger partial charge on any atom is 0.166 e. The normalized spacial score (nSPS) is 42.1. The van der Waals surface area contributed by atoms with Gasteiger partial charge in [-0.25, -0.2) is 0 Å². The zero-order chi connectivity index (χ0) is 16.2. The summed E-state index contributed by atoms with van der Waals surface area (Å²) in [5, 5.41) is 22.3. The van der Waals surface area contributed by atoms with E-state index in [1.807, 2.05) is 6.07 Å². The van der Waals surface area contributed by atoms with E-state index in [1.165, 1.54) is 5.56 Å². The first-order valence-electron chi connectivity index (χ1n) is 8.56. The molecular formula is C19H24NO3+. The molecule has 1 aromatic rings. The van der Waals surface area contributed by atoms with Crippen molar-refractivity contribution < 1.29 is 19.4 Å². The molecule has 23 heavy (non-hydrogen) atoms. The van der Waals surface area contributed by atoms with Crippen LogP contribution in [0.25, 0.3) is 0 Å². The highest BCUT2D eigenvalue weighted by Gasteiger charge is 2.74. The summed E-state index contributed by atoms with van der Waals surface area (Å²) >= 11 is 0. The number of aliphatic hydroxyl groups is 1. The van der Waals surface area contributed by atoms with Crippen LogP contribution in [0.5, 0.6) is 11.5 Å². The molecule has 5 rings (SSSR count). The van der Waals surface area contributed by atoms with Crippen LogP contribution in [0, 0.1) is 0 Å². The van der Waals surface area contributed by atoms with Gasteiger partial charge in [0.25, 0.3) is 0 Å². The topological polar surface area (TPSA) is 49.7 Å². The van der Waals surface area contributed by atoms with Gasteiger partial charge in [0.1, 0.15) is 17.7 Å². The number of benzene rings is 1. The molecule has 2 N–H and O–H groups in total. The lowest BCUT2D eigenvalue weighted by Crippen LogP contribution is -2.79. The molecule has 0 radical (unpaired) electrons. The van der Waals surface area contributed by atoms with E-state index in [2.05, 4.69) is 20.7 Å². The highest BCUT2D eigenvalue weighted by atomic mass is 16.5. The van der Waals surface area contributed by atoms with E-state index in [4.69, 9.17) is 4.74 Å². The van der Waals surface area contributed by atoms with Crippen LogP contribution in [-0.4, -0.2) is 53.1 Å². The Bertz CT molecular complexity index is 755. The summed E-state index contributed by atoms with van der Waals surface area (Å²) in [6, 6.07) is 3.93. The van der Waals surface area contributed by atoms with E-state index in [0.717, 1.165) is 47.8 Å². The van der Waals surface area contributed by atoms with Crippen molar-refractivity contribution in [1.82, 2.24) is 0 Å². The van der Waals surface area contributed by atoms with Crippen LogP contribution >= 0.6 is 0 Å². The van der Waals surface area contributed by atoms with Gasteiger partial charge in [0.15, 0.2) is 11.5 Å². The molecule has 3 unspecified atom stereocenters. The third kappa shape index (κ3) is 1.30. The zero-order valence-electron chi connectivity index (χ0n) is 13.8. The van der Waals surface area contributed by atoms with Crippen LogP contribution < -0.4 is 4.74 Å². The number of piperidine rings is 1. The summed E-state index contributed by atoms with van der Waals surface area (Å²) in [7, 11) is 4.46. The highest BCUT2D eigenvalue weighted by molar-refractivity contribution is 5.63. The fourth-order valence-corrected chi connectivity index (χ4v) is 6.08. The molecule has 4 heteroatoms. The van der Waals surface area contributed by atoms with Crippen molar-refractivity contribution >= 4 is 0 Å². The third-order valence-corrected chi connectivity index (χ3v) is 7.21. The second kappa shape index (κ2) is 3.76. The second-order valence-corrected chi connectivity index (χ2v) is 8.47. The molecule has 4 nitrogen and oxygen atoms in total. The standard InChI is InChI=1S/C19H23NO3/c1-11-6-7-19(22)14-10-12-4-5-13(21)16-15(12)18(19,17(11)23-16)8-9-20(14,2)3/h4-5,14,17,22H,1,6-10H2,2-3H3/p+1/t14?,17?,18-,19?/m1/s1. The van der Waals surface area contributed by atoms with Gasteiger partial charge in [-0.3, -0.25) is 0 Å². The van der Waals surface area contributed by atoms with E-state index in [9.17, 15) is 10.2 Å². The zero-order valence-corrected chi connectivity index (χ0v) is 13.8. The number of ether oxygens (including phenoxy) is 1. The fourth-order valence-electron chi connectivity index (χ4n) is 6.08. The molecule has 2 fully saturated rings. The maximum atomic E-state index is 11.9. The number of phenolic OH excluding ortho intramolecular Hbond substituents is 1. The second-order valence-electron chi connectivity index (χ2n) is 8.47. The van der Waals surface area contributed by atoms with Gasteiger partial charge in [-0.15, -0.1) is 0 Å². The van der Waals surface area contributed by atoms with Gasteiger partial charge in [-0.1, -0.05) is 12.6 Å². The van der Waals surface area contributed by atoms with E-state index in [-0.39, 0.29) is 17.9 Å². The van der Waals surface area contributed by atoms with E-state index >= 15 is 0 Å². The van der Waals surface area contributed by atoms with Gasteiger partial charge in [0.05, 0.1) is 26.1 Å². The molecule has 4 aliphatic rings. The maximum absolute atomic E-state index is 11.9. The summed E-state index contributed by atoms with van der Waals surface area (Å²) in [5.41, 5.74) is 2.15. The van der Waals surface area contributed by atoms with Crippen molar-refractivity contribution in [2.75, 3.05) is 20.6 Å². The number of phenols is 1. The van der Waals surface area contributed by atoms with Gasteiger partial charge in [0.2, 0.25) is 0 Å². The highest BCUT2D eigenvalue weighted by Crippen LogP contribution is 2.66. The minimum absolute atomic E-state index is 0.165. The van der Waals surface area contributed by atoms with Crippen molar-refractivity contribution in [2.24, 2.45) is 0 Å². The van der Waals surface area contributed by atoms with E-state index in [1.54, 1.807) is 6.07 Å². The molecular weight excluding hydrogens is 290 g/mol. The van der Waals surface area contributed by atoms with Crippen LogP contribution in [0.15, 0.2) is 24.3 Å². The van der Waals surface area contributed by atoms with Gasteiger partial charge < -0.3 is 19.4 Å². The summed E-state index contributed by atoms with van der Waals surface area (Å²) in [6.07, 6.45) is 3.05. The van der Waals surface area contributed by atoms with E-state index < -0.39 is 11.0 Å². The lowest BCUT2D eigenvalue weighted by Gasteiger charge is -2.64. The van der Waals surface area contributed by atoms with Crippen molar-refractivity contribution in [1.29, 1.82) is 0 Å². The predicted molar refractivity (Wildman–Crippen MR) is 86.6 cm³/mol. The van der Waals surface area contributed by atoms with Crippen LogP contribution in [0.1, 0.15) is 30.4 Å². The van der Waals surface area contributed by atoms with Gasteiger partial charge in [0, 0.05) is 18.4 Å². The smallest absolute Gasteiger partial charge is 0.166 e. The lowest BCUT2D eigenvalue weighted by atomic mass is 9.48. The molecule has 1 spiro atoms. The molecule has 0 amide bonds. The minimum Gasteiger partial charge on any atom is -0.504 e. The molecule has 1 saturated heterocycles. The lowest BCUT2D eigenvalue weighted by molar-refractivity contribution is -0.931. The molecule has 2 bridgehead atoms. The molecule has 1 saturated carbocycles. The number of likely N-dealkylation sites (tertiary alicyclic amines) is 1. The first kappa shape index (κ1) is 13.9. The van der Waals surface area contributed by atoms with E-state index in [0.29, 0.717) is 5.75 Å². The van der Waals surface area contributed by atoms with Gasteiger partial charge in [-0.05, 0) is 30.0 Å². The quantitative estimate of drug-likeness (QED) is 0.568. The van der Waals surface area contributed by atoms with Crippen LogP contribution in [0.3, 0.4) is 0 Å². The Morgan fingerprint density at radius 2 is 2.09 bits per heavy atom. The first-order valence-corrected chi connectivity index (χ1v) is 8.56. The van der Waals surface area contributed by atoms with Crippen LogP contribution in [0.4, 0.5) is 0 Å². The number of hydrogen-bond donors (Lipinski definition) is 2. The number of rotatable bonds is 0. The number of likely N-dealkylation sites (N-methyl/N-ethyl adjacent to an activating group) is 1. The largest absolute Gasteiger partial charge is 0.504 e. The molecule has 4 atom stereocenters. The molecule has 2 aliphatic heterocycles.